The van der Waals surface area contributed by atoms with Crippen LogP contribution in [0.15, 0.2) is 24.3 Å². The maximum Gasteiger partial charge on any atom is 0.230 e. The normalized spacial score (nSPS) is 13.0. The molecule has 0 radical (unpaired) electrons. The first-order chi connectivity index (χ1) is 15.0. The number of ketones is 2. The summed E-state index contributed by atoms with van der Waals surface area (Å²) in [6, 6.07) is 6.40. The summed E-state index contributed by atoms with van der Waals surface area (Å²) < 4.78 is 0. The number of anilines is 2. The van der Waals surface area contributed by atoms with Crippen LogP contribution in [-0.4, -0.2) is 46.8 Å². The van der Waals surface area contributed by atoms with Crippen molar-refractivity contribution in [2.75, 3.05) is 23.8 Å². The minimum absolute atomic E-state index is 0.0421. The van der Waals surface area contributed by atoms with Crippen LogP contribution in [0.4, 0.5) is 11.4 Å². The quantitative estimate of drug-likeness (QED) is 0.346. The third kappa shape index (κ3) is 10.2. The van der Waals surface area contributed by atoms with Crippen molar-refractivity contribution < 1.29 is 29.4 Å². The van der Waals surface area contributed by atoms with Gasteiger partial charge in [-0.2, -0.15) is 0 Å². The van der Waals surface area contributed by atoms with E-state index >= 15 is 0 Å². The summed E-state index contributed by atoms with van der Waals surface area (Å²) in [5.41, 5.74) is 0.776. The van der Waals surface area contributed by atoms with E-state index in [0.717, 1.165) is 0 Å². The van der Waals surface area contributed by atoms with E-state index in [9.17, 15) is 29.4 Å². The van der Waals surface area contributed by atoms with Crippen molar-refractivity contribution in [2.24, 2.45) is 23.7 Å². The molecule has 0 unspecified atom stereocenters. The van der Waals surface area contributed by atoms with Gasteiger partial charge in [-0.05, 0) is 30.0 Å². The summed E-state index contributed by atoms with van der Waals surface area (Å²) in [5, 5.41) is 24.4. The molecule has 1 rings (SSSR count). The molecule has 4 N–H and O–H groups in total. The van der Waals surface area contributed by atoms with Crippen molar-refractivity contribution in [3.8, 4) is 0 Å². The lowest BCUT2D eigenvalue weighted by Crippen LogP contribution is -2.29. The van der Waals surface area contributed by atoms with Crippen molar-refractivity contribution >= 4 is 34.8 Å². The average Bonchev–Trinajstić information content (AvgIpc) is 2.69. The van der Waals surface area contributed by atoms with Crippen LogP contribution in [0.5, 0.6) is 0 Å². The summed E-state index contributed by atoms with van der Waals surface area (Å²) >= 11 is 0. The molecule has 0 aromatic heterocycles. The summed E-state index contributed by atoms with van der Waals surface area (Å²) in [6.07, 6.45) is 0.604. The number of amides is 2. The Morgan fingerprint density at radius 1 is 0.719 bits per heavy atom. The van der Waals surface area contributed by atoms with Gasteiger partial charge in [0, 0.05) is 37.1 Å². The SMILES string of the molecule is CC(C)CC(=O)C[C@@H](CO)C(=O)Nc1cccc(NC(=O)[C@H](CO)CC(=O)CC(C)C)c1. The highest BCUT2D eigenvalue weighted by Crippen LogP contribution is 2.19. The van der Waals surface area contributed by atoms with E-state index in [1.165, 1.54) is 6.07 Å². The highest BCUT2D eigenvalue weighted by molar-refractivity contribution is 5.98. The molecule has 0 bridgehead atoms. The lowest BCUT2D eigenvalue weighted by molar-refractivity contribution is -0.127. The number of carbonyl (C=O) groups is 4. The first-order valence-electron chi connectivity index (χ1n) is 11.0. The zero-order valence-corrected chi connectivity index (χ0v) is 19.4. The van der Waals surface area contributed by atoms with E-state index in [1.54, 1.807) is 18.2 Å². The Hall–Kier alpha value is -2.58. The molecule has 0 saturated heterocycles. The van der Waals surface area contributed by atoms with E-state index in [-0.39, 0.29) is 36.2 Å². The van der Waals surface area contributed by atoms with Crippen molar-refractivity contribution in [3.05, 3.63) is 24.3 Å². The Balaban J connectivity index is 2.75. The minimum atomic E-state index is -0.856. The molecule has 0 spiro atoms. The van der Waals surface area contributed by atoms with Crippen LogP contribution in [0.2, 0.25) is 0 Å². The summed E-state index contributed by atoms with van der Waals surface area (Å²) in [4.78, 5) is 49.0. The number of aliphatic hydroxyl groups is 2. The van der Waals surface area contributed by atoms with Crippen LogP contribution in [0.3, 0.4) is 0 Å². The number of aliphatic hydroxyl groups excluding tert-OH is 2. The van der Waals surface area contributed by atoms with E-state index in [1.807, 2.05) is 27.7 Å². The minimum Gasteiger partial charge on any atom is -0.396 e. The number of hydrogen-bond donors (Lipinski definition) is 4. The van der Waals surface area contributed by atoms with E-state index in [4.69, 9.17) is 0 Å². The van der Waals surface area contributed by atoms with E-state index < -0.39 is 36.9 Å². The fraction of sp³-hybridized carbons (Fsp3) is 0.583. The molecular formula is C24H36N2O6. The summed E-state index contributed by atoms with van der Waals surface area (Å²) in [6.45, 7) is 6.74. The molecule has 2 amide bonds. The molecule has 0 aliphatic rings. The van der Waals surface area contributed by atoms with Crippen LogP contribution in [0.1, 0.15) is 53.4 Å². The number of nitrogens with one attached hydrogen (secondary N) is 2. The molecule has 0 saturated carbocycles. The van der Waals surface area contributed by atoms with Gasteiger partial charge < -0.3 is 20.8 Å². The van der Waals surface area contributed by atoms with Gasteiger partial charge in [0.25, 0.3) is 0 Å². The first kappa shape index (κ1) is 27.5. The Kier molecular flexibility index (Phi) is 11.8. The van der Waals surface area contributed by atoms with Gasteiger partial charge in [0.05, 0.1) is 25.0 Å². The molecule has 32 heavy (non-hydrogen) atoms. The fourth-order valence-corrected chi connectivity index (χ4v) is 3.27. The summed E-state index contributed by atoms with van der Waals surface area (Å²) in [7, 11) is 0. The number of carbonyl (C=O) groups excluding carboxylic acids is 4. The third-order valence-electron chi connectivity index (χ3n) is 4.80. The zero-order valence-electron chi connectivity index (χ0n) is 19.4. The summed E-state index contributed by atoms with van der Waals surface area (Å²) in [5.74, 6) is -2.51. The molecule has 0 fully saturated rings. The van der Waals surface area contributed by atoms with Crippen LogP contribution in [0.25, 0.3) is 0 Å². The maximum atomic E-state index is 12.5. The highest BCUT2D eigenvalue weighted by Gasteiger charge is 2.23. The van der Waals surface area contributed by atoms with Gasteiger partial charge in [-0.25, -0.2) is 0 Å². The standard InChI is InChI=1S/C24H36N2O6/c1-15(2)8-21(29)10-17(13-27)23(31)25-19-6-5-7-20(12-19)26-24(32)18(14-28)11-22(30)9-16(3)4/h5-7,12,15-18,27-28H,8-11,13-14H2,1-4H3,(H,25,31)(H,26,32)/t17-,18-/m0/s1. The van der Waals surface area contributed by atoms with Crippen molar-refractivity contribution in [2.45, 2.75) is 53.4 Å². The molecule has 2 atom stereocenters. The van der Waals surface area contributed by atoms with Crippen molar-refractivity contribution in [3.63, 3.8) is 0 Å². The Morgan fingerprint density at radius 2 is 1.09 bits per heavy atom. The second kappa shape index (κ2) is 13.8. The molecular weight excluding hydrogens is 412 g/mol. The Morgan fingerprint density at radius 3 is 1.41 bits per heavy atom. The van der Waals surface area contributed by atoms with Gasteiger partial charge in [-0.3, -0.25) is 19.2 Å². The molecule has 0 heterocycles. The van der Waals surface area contributed by atoms with Gasteiger partial charge >= 0.3 is 0 Å². The van der Waals surface area contributed by atoms with Crippen molar-refractivity contribution in [1.82, 2.24) is 0 Å². The van der Waals surface area contributed by atoms with Crippen LogP contribution < -0.4 is 10.6 Å². The maximum absolute atomic E-state index is 12.5. The van der Waals surface area contributed by atoms with Gasteiger partial charge in [-0.1, -0.05) is 33.8 Å². The van der Waals surface area contributed by atoms with Gasteiger partial charge in [0.1, 0.15) is 11.6 Å². The molecule has 8 heteroatoms. The second-order valence-corrected chi connectivity index (χ2v) is 9.00. The molecule has 0 aliphatic heterocycles. The molecule has 178 valence electrons. The monoisotopic (exact) mass is 448 g/mol. The largest absolute Gasteiger partial charge is 0.396 e. The van der Waals surface area contributed by atoms with Gasteiger partial charge in [-0.15, -0.1) is 0 Å². The Labute approximate surface area is 189 Å². The van der Waals surface area contributed by atoms with Crippen LogP contribution >= 0.6 is 0 Å². The highest BCUT2D eigenvalue weighted by atomic mass is 16.3. The number of benzene rings is 1. The predicted molar refractivity (Wildman–Crippen MR) is 123 cm³/mol. The third-order valence-corrected chi connectivity index (χ3v) is 4.80. The van der Waals surface area contributed by atoms with E-state index in [2.05, 4.69) is 10.6 Å². The number of Topliss-reactive ketones (excluding diaryl/α,β-unsaturated/α-hetero) is 2. The lowest BCUT2D eigenvalue weighted by atomic mass is 9.96. The lowest BCUT2D eigenvalue weighted by Gasteiger charge is -2.16. The number of hydrogen-bond acceptors (Lipinski definition) is 6. The predicted octanol–water partition coefficient (Wildman–Crippen LogP) is 2.79. The van der Waals surface area contributed by atoms with Gasteiger partial charge in [0.2, 0.25) is 11.8 Å². The molecule has 1 aromatic rings. The molecule has 1 aromatic carbocycles. The fourth-order valence-electron chi connectivity index (χ4n) is 3.27. The smallest absolute Gasteiger partial charge is 0.230 e. The molecule has 0 aliphatic carbocycles. The molecule has 8 nitrogen and oxygen atoms in total. The second-order valence-electron chi connectivity index (χ2n) is 9.00. The van der Waals surface area contributed by atoms with Crippen LogP contribution in [0, 0.1) is 23.7 Å². The first-order valence-corrected chi connectivity index (χ1v) is 11.0. The van der Waals surface area contributed by atoms with Gasteiger partial charge in [0.15, 0.2) is 0 Å². The average molecular weight is 449 g/mol. The number of rotatable bonds is 14. The topological polar surface area (TPSA) is 133 Å². The van der Waals surface area contributed by atoms with E-state index in [0.29, 0.717) is 24.2 Å². The van der Waals surface area contributed by atoms with Crippen molar-refractivity contribution in [1.29, 1.82) is 0 Å². The Bertz CT molecular complexity index is 729. The van der Waals surface area contributed by atoms with Crippen LogP contribution in [-0.2, 0) is 19.2 Å². The zero-order chi connectivity index (χ0) is 24.3.